The lowest BCUT2D eigenvalue weighted by molar-refractivity contribution is -0.120. The minimum absolute atomic E-state index is 0.103. The molecule has 0 fully saturated rings. The summed E-state index contributed by atoms with van der Waals surface area (Å²) in [6.45, 7) is 0.125. The first kappa shape index (κ1) is 11.5. The predicted molar refractivity (Wildman–Crippen MR) is 49.4 cm³/mol. The van der Waals surface area contributed by atoms with Crippen LogP contribution in [0.15, 0.2) is 12.1 Å². The van der Waals surface area contributed by atoms with E-state index in [0.717, 1.165) is 19.2 Å². The highest BCUT2D eigenvalue weighted by atomic mass is 35.5. The molecule has 0 heterocycles. The van der Waals surface area contributed by atoms with E-state index in [9.17, 15) is 14.0 Å². The Hall–Kier alpha value is -1.62. The second kappa shape index (κ2) is 4.75. The van der Waals surface area contributed by atoms with Crippen LogP contribution in [0, 0.1) is 5.82 Å². The van der Waals surface area contributed by atoms with E-state index in [2.05, 4.69) is 9.47 Å². The highest BCUT2D eigenvalue weighted by Crippen LogP contribution is 2.27. The van der Waals surface area contributed by atoms with Crippen molar-refractivity contribution in [1.29, 1.82) is 0 Å². The Morgan fingerprint density at radius 1 is 1.53 bits per heavy atom. The van der Waals surface area contributed by atoms with Crippen molar-refractivity contribution < 1.29 is 23.5 Å². The van der Waals surface area contributed by atoms with Crippen LogP contribution in [0.5, 0.6) is 5.75 Å². The van der Waals surface area contributed by atoms with Crippen molar-refractivity contribution in [3.05, 3.63) is 28.5 Å². The maximum absolute atomic E-state index is 13.2. The molecule has 4 nitrogen and oxygen atoms in total. The molecule has 0 spiro atoms. The third-order valence-electron chi connectivity index (χ3n) is 1.60. The monoisotopic (exact) mass is 232 g/mol. The first-order valence-corrected chi connectivity index (χ1v) is 4.15. The highest BCUT2D eigenvalue weighted by molar-refractivity contribution is 6.32. The van der Waals surface area contributed by atoms with Gasteiger partial charge in [-0.3, -0.25) is 4.79 Å². The molecule has 0 bridgehead atoms. The standard InChI is InChI=1S/C9H6ClFO4/c1-14-9(13)5-2-8(15-4-12)6(10)3-7(5)11/h2-4H,1H3. The molecule has 0 N–H and O–H groups in total. The topological polar surface area (TPSA) is 52.6 Å². The summed E-state index contributed by atoms with van der Waals surface area (Å²) in [6, 6.07) is 1.87. The van der Waals surface area contributed by atoms with Crippen LogP contribution in [0.25, 0.3) is 0 Å². The van der Waals surface area contributed by atoms with Crippen LogP contribution in [0.4, 0.5) is 4.39 Å². The van der Waals surface area contributed by atoms with E-state index in [1.807, 2.05) is 0 Å². The summed E-state index contributed by atoms with van der Waals surface area (Å²) in [5.74, 6) is -1.82. The molecule has 0 aromatic heterocycles. The van der Waals surface area contributed by atoms with Crippen molar-refractivity contribution in [2.75, 3.05) is 7.11 Å². The van der Waals surface area contributed by atoms with Crippen LogP contribution in [0.3, 0.4) is 0 Å². The quantitative estimate of drug-likeness (QED) is 0.589. The van der Waals surface area contributed by atoms with Gasteiger partial charge in [0.2, 0.25) is 0 Å². The molecule has 0 radical (unpaired) electrons. The Balaban J connectivity index is 3.22. The van der Waals surface area contributed by atoms with Crippen molar-refractivity contribution in [2.45, 2.75) is 0 Å². The molecule has 0 unspecified atom stereocenters. The number of ether oxygens (including phenoxy) is 2. The molecule has 0 aliphatic heterocycles. The van der Waals surface area contributed by atoms with E-state index < -0.39 is 11.8 Å². The van der Waals surface area contributed by atoms with Gasteiger partial charge in [0.15, 0.2) is 0 Å². The maximum Gasteiger partial charge on any atom is 0.340 e. The van der Waals surface area contributed by atoms with Gasteiger partial charge in [0.25, 0.3) is 6.47 Å². The molecule has 0 amide bonds. The molecule has 80 valence electrons. The van der Waals surface area contributed by atoms with E-state index in [1.165, 1.54) is 0 Å². The first-order valence-electron chi connectivity index (χ1n) is 3.77. The number of rotatable bonds is 3. The van der Waals surface area contributed by atoms with Gasteiger partial charge in [0.1, 0.15) is 11.6 Å². The van der Waals surface area contributed by atoms with Gasteiger partial charge in [0.05, 0.1) is 17.7 Å². The number of methoxy groups -OCH3 is 1. The van der Waals surface area contributed by atoms with Crippen molar-refractivity contribution in [3.8, 4) is 5.75 Å². The highest BCUT2D eigenvalue weighted by Gasteiger charge is 2.16. The molecule has 1 aromatic rings. The van der Waals surface area contributed by atoms with Gasteiger partial charge in [-0.15, -0.1) is 0 Å². The molecule has 0 saturated heterocycles. The third-order valence-corrected chi connectivity index (χ3v) is 1.90. The van der Waals surface area contributed by atoms with Gasteiger partial charge in [-0.2, -0.15) is 0 Å². The van der Waals surface area contributed by atoms with Crippen LogP contribution < -0.4 is 4.74 Å². The summed E-state index contributed by atoms with van der Waals surface area (Å²) >= 11 is 5.55. The van der Waals surface area contributed by atoms with Gasteiger partial charge in [-0.25, -0.2) is 9.18 Å². The normalized spacial score (nSPS) is 9.53. The van der Waals surface area contributed by atoms with Gasteiger partial charge >= 0.3 is 5.97 Å². The van der Waals surface area contributed by atoms with Gasteiger partial charge in [0, 0.05) is 0 Å². The summed E-state index contributed by atoms with van der Waals surface area (Å²) in [6.07, 6.45) is 0. The minimum atomic E-state index is -0.875. The van der Waals surface area contributed by atoms with Gasteiger partial charge < -0.3 is 9.47 Å². The molecule has 6 heteroatoms. The second-order valence-corrected chi connectivity index (χ2v) is 2.88. The largest absolute Gasteiger partial charge is 0.465 e. The van der Waals surface area contributed by atoms with Crippen LogP contribution in [0.1, 0.15) is 10.4 Å². The molecule has 0 aliphatic rings. The molecule has 1 rings (SSSR count). The van der Waals surface area contributed by atoms with Gasteiger partial charge in [-0.05, 0) is 12.1 Å². The number of hydrogen-bond donors (Lipinski definition) is 0. The van der Waals surface area contributed by atoms with Crippen molar-refractivity contribution in [1.82, 2.24) is 0 Å². The fraction of sp³-hybridized carbons (Fsp3) is 0.111. The van der Waals surface area contributed by atoms with Crippen LogP contribution >= 0.6 is 11.6 Å². The zero-order valence-electron chi connectivity index (χ0n) is 7.62. The Labute approximate surface area is 89.5 Å². The van der Waals surface area contributed by atoms with E-state index in [-0.39, 0.29) is 22.8 Å². The number of esters is 1. The average Bonchev–Trinajstić information content (AvgIpc) is 2.21. The summed E-state index contributed by atoms with van der Waals surface area (Å²) < 4.78 is 21.9. The maximum atomic E-state index is 13.2. The van der Waals surface area contributed by atoms with Gasteiger partial charge in [-0.1, -0.05) is 11.6 Å². The third kappa shape index (κ3) is 2.44. The molecule has 0 saturated carbocycles. The number of hydrogen-bond acceptors (Lipinski definition) is 4. The molecular weight excluding hydrogens is 227 g/mol. The number of benzene rings is 1. The van der Waals surface area contributed by atoms with E-state index >= 15 is 0 Å². The van der Waals surface area contributed by atoms with E-state index in [4.69, 9.17) is 11.6 Å². The van der Waals surface area contributed by atoms with Crippen molar-refractivity contribution in [2.24, 2.45) is 0 Å². The molecule has 0 aliphatic carbocycles. The summed E-state index contributed by atoms with van der Waals surface area (Å²) in [5.41, 5.74) is -0.348. The van der Waals surface area contributed by atoms with E-state index in [1.54, 1.807) is 0 Å². The van der Waals surface area contributed by atoms with E-state index in [0.29, 0.717) is 0 Å². The Kier molecular flexibility index (Phi) is 3.62. The lowest BCUT2D eigenvalue weighted by Gasteiger charge is -2.05. The summed E-state index contributed by atoms with van der Waals surface area (Å²) in [5, 5.41) is -0.104. The second-order valence-electron chi connectivity index (χ2n) is 2.47. The van der Waals surface area contributed by atoms with Crippen molar-refractivity contribution >= 4 is 24.0 Å². The van der Waals surface area contributed by atoms with Crippen molar-refractivity contribution in [3.63, 3.8) is 0 Å². The lowest BCUT2D eigenvalue weighted by Crippen LogP contribution is -2.05. The Bertz CT molecular complexity index is 405. The predicted octanol–water partition coefficient (Wildman–Crippen LogP) is 1.80. The fourth-order valence-electron chi connectivity index (χ4n) is 0.938. The summed E-state index contributed by atoms with van der Waals surface area (Å²) in [7, 11) is 1.11. The molecule has 1 aromatic carbocycles. The molecular formula is C9H6ClFO4. The van der Waals surface area contributed by atoms with Crippen LogP contribution in [-0.2, 0) is 9.53 Å². The zero-order valence-corrected chi connectivity index (χ0v) is 8.38. The number of carbonyl (C=O) groups is 2. The zero-order chi connectivity index (χ0) is 11.4. The average molecular weight is 233 g/mol. The van der Waals surface area contributed by atoms with Crippen LogP contribution in [-0.4, -0.2) is 19.6 Å². The molecule has 0 atom stereocenters. The van der Waals surface area contributed by atoms with Crippen LogP contribution in [0.2, 0.25) is 5.02 Å². The lowest BCUT2D eigenvalue weighted by atomic mass is 10.2. The molecule has 15 heavy (non-hydrogen) atoms. The Morgan fingerprint density at radius 3 is 2.73 bits per heavy atom. The SMILES string of the molecule is COC(=O)c1cc(OC=O)c(Cl)cc1F. The summed E-state index contributed by atoms with van der Waals surface area (Å²) in [4.78, 5) is 21.1. The Morgan fingerprint density at radius 2 is 2.20 bits per heavy atom. The first-order chi connectivity index (χ1) is 7.10. The number of carbonyl (C=O) groups excluding carboxylic acids is 2. The number of halogens is 2. The minimum Gasteiger partial charge on any atom is -0.465 e. The fourth-order valence-corrected chi connectivity index (χ4v) is 1.13. The smallest absolute Gasteiger partial charge is 0.340 e.